The quantitative estimate of drug-likeness (QED) is 0.692. The molecule has 5 heteroatoms. The SMILES string of the molecule is CCn1c(C)nc2cc(C(=O)NN=C3CCCCCC3)ccc21. The Morgan fingerprint density at radius 1 is 1.26 bits per heavy atom. The van der Waals surface area contributed by atoms with Gasteiger partial charge in [-0.15, -0.1) is 0 Å². The normalized spacial score (nSPS) is 15.5. The zero-order valence-corrected chi connectivity index (χ0v) is 13.9. The minimum absolute atomic E-state index is 0.160. The van der Waals surface area contributed by atoms with Crippen LogP contribution in [-0.2, 0) is 6.54 Å². The number of hydrazone groups is 1. The lowest BCUT2D eigenvalue weighted by atomic mass is 10.2. The molecule has 1 saturated carbocycles. The molecular formula is C18H24N4O. The molecule has 1 fully saturated rings. The maximum Gasteiger partial charge on any atom is 0.271 e. The van der Waals surface area contributed by atoms with Gasteiger partial charge in [0.05, 0.1) is 11.0 Å². The number of nitrogens with zero attached hydrogens (tertiary/aromatic N) is 3. The van der Waals surface area contributed by atoms with Gasteiger partial charge >= 0.3 is 0 Å². The van der Waals surface area contributed by atoms with Crippen LogP contribution < -0.4 is 5.43 Å². The number of imidazole rings is 1. The number of aryl methyl sites for hydroxylation is 2. The van der Waals surface area contributed by atoms with E-state index in [9.17, 15) is 4.79 Å². The molecule has 1 amide bonds. The second-order valence-corrected chi connectivity index (χ2v) is 6.14. The first kappa shape index (κ1) is 15.7. The number of carbonyl (C=O) groups is 1. The predicted molar refractivity (Wildman–Crippen MR) is 92.7 cm³/mol. The lowest BCUT2D eigenvalue weighted by Gasteiger charge is -2.05. The topological polar surface area (TPSA) is 59.3 Å². The summed E-state index contributed by atoms with van der Waals surface area (Å²) >= 11 is 0. The third kappa shape index (κ3) is 3.44. The van der Waals surface area contributed by atoms with Crippen molar-refractivity contribution in [3.63, 3.8) is 0 Å². The van der Waals surface area contributed by atoms with Crippen LogP contribution >= 0.6 is 0 Å². The van der Waals surface area contributed by atoms with Gasteiger partial charge in [0.15, 0.2) is 0 Å². The number of hydrogen-bond donors (Lipinski definition) is 1. The van der Waals surface area contributed by atoms with Crippen LogP contribution in [0.4, 0.5) is 0 Å². The fraction of sp³-hybridized carbons (Fsp3) is 0.500. The van der Waals surface area contributed by atoms with Crippen molar-refractivity contribution >= 4 is 22.7 Å². The molecular weight excluding hydrogens is 288 g/mol. The summed E-state index contributed by atoms with van der Waals surface area (Å²) in [7, 11) is 0. The van der Waals surface area contributed by atoms with Crippen LogP contribution in [0.1, 0.15) is 61.6 Å². The molecule has 122 valence electrons. The van der Waals surface area contributed by atoms with Gasteiger partial charge in [0.1, 0.15) is 5.82 Å². The molecule has 2 aromatic rings. The van der Waals surface area contributed by atoms with Gasteiger partial charge in [-0.25, -0.2) is 10.4 Å². The first-order valence-corrected chi connectivity index (χ1v) is 8.51. The Labute approximate surface area is 136 Å². The Hall–Kier alpha value is -2.17. The number of rotatable bonds is 3. The molecule has 0 aliphatic heterocycles. The molecule has 1 aromatic heterocycles. The highest BCUT2D eigenvalue weighted by Gasteiger charge is 2.11. The summed E-state index contributed by atoms with van der Waals surface area (Å²) in [6.45, 7) is 4.96. The van der Waals surface area contributed by atoms with Gasteiger partial charge < -0.3 is 4.57 Å². The first-order valence-electron chi connectivity index (χ1n) is 8.51. The van der Waals surface area contributed by atoms with Crippen molar-refractivity contribution in [2.45, 2.75) is 58.9 Å². The fourth-order valence-electron chi connectivity index (χ4n) is 3.23. The summed E-state index contributed by atoms with van der Waals surface area (Å²) in [6, 6.07) is 5.65. The lowest BCUT2D eigenvalue weighted by Crippen LogP contribution is -2.19. The molecule has 0 atom stereocenters. The summed E-state index contributed by atoms with van der Waals surface area (Å²) in [4.78, 5) is 16.9. The summed E-state index contributed by atoms with van der Waals surface area (Å²) in [6.07, 6.45) is 6.88. The van der Waals surface area contributed by atoms with Crippen LogP contribution in [-0.4, -0.2) is 21.2 Å². The smallest absolute Gasteiger partial charge is 0.271 e. The molecule has 1 N–H and O–H groups in total. The van der Waals surface area contributed by atoms with Crippen molar-refractivity contribution in [1.29, 1.82) is 0 Å². The fourth-order valence-corrected chi connectivity index (χ4v) is 3.23. The van der Waals surface area contributed by atoms with E-state index in [-0.39, 0.29) is 5.91 Å². The van der Waals surface area contributed by atoms with Crippen LogP contribution in [0.5, 0.6) is 0 Å². The zero-order chi connectivity index (χ0) is 16.2. The molecule has 0 spiro atoms. The summed E-state index contributed by atoms with van der Waals surface area (Å²) in [5.74, 6) is 0.811. The van der Waals surface area contributed by atoms with E-state index >= 15 is 0 Å². The Bertz CT molecular complexity index is 735. The molecule has 1 aromatic carbocycles. The van der Waals surface area contributed by atoms with Crippen molar-refractivity contribution < 1.29 is 4.79 Å². The summed E-state index contributed by atoms with van der Waals surface area (Å²) in [5.41, 5.74) is 6.36. The third-order valence-electron chi connectivity index (χ3n) is 4.51. The number of hydrogen-bond acceptors (Lipinski definition) is 3. The monoisotopic (exact) mass is 312 g/mol. The number of carbonyl (C=O) groups excluding carboxylic acids is 1. The molecule has 1 aliphatic carbocycles. The van der Waals surface area contributed by atoms with Crippen LogP contribution in [0.15, 0.2) is 23.3 Å². The molecule has 0 unspecified atom stereocenters. The summed E-state index contributed by atoms with van der Waals surface area (Å²) < 4.78 is 2.14. The highest BCUT2D eigenvalue weighted by atomic mass is 16.2. The average molecular weight is 312 g/mol. The third-order valence-corrected chi connectivity index (χ3v) is 4.51. The van der Waals surface area contributed by atoms with Crippen molar-refractivity contribution in [3.8, 4) is 0 Å². The zero-order valence-electron chi connectivity index (χ0n) is 13.9. The maximum atomic E-state index is 12.3. The predicted octanol–water partition coefficient (Wildman–Crippen LogP) is 3.80. The highest BCUT2D eigenvalue weighted by Crippen LogP contribution is 2.18. The van der Waals surface area contributed by atoms with Crippen LogP contribution in [0, 0.1) is 6.92 Å². The second kappa shape index (κ2) is 6.94. The minimum Gasteiger partial charge on any atom is -0.329 e. The van der Waals surface area contributed by atoms with E-state index in [4.69, 9.17) is 0 Å². The maximum absolute atomic E-state index is 12.3. The standard InChI is InChI=1S/C18H24N4O/c1-3-22-13(2)19-16-12-14(10-11-17(16)22)18(23)21-20-15-8-6-4-5-7-9-15/h10-12H,3-9H2,1-2H3,(H,21,23). The van der Waals surface area contributed by atoms with Gasteiger partial charge in [-0.1, -0.05) is 12.8 Å². The number of fused-ring (bicyclic) bond motifs is 1. The molecule has 0 radical (unpaired) electrons. The Kier molecular flexibility index (Phi) is 4.74. The highest BCUT2D eigenvalue weighted by molar-refractivity contribution is 5.98. The number of benzene rings is 1. The van der Waals surface area contributed by atoms with Crippen molar-refractivity contribution in [2.24, 2.45) is 5.10 Å². The second-order valence-electron chi connectivity index (χ2n) is 6.14. The molecule has 1 heterocycles. The van der Waals surface area contributed by atoms with Gasteiger partial charge in [0.25, 0.3) is 5.91 Å². The van der Waals surface area contributed by atoms with Gasteiger partial charge in [0.2, 0.25) is 0 Å². The van der Waals surface area contributed by atoms with Crippen molar-refractivity contribution in [1.82, 2.24) is 15.0 Å². The molecule has 0 saturated heterocycles. The Balaban J connectivity index is 1.77. The van der Waals surface area contributed by atoms with Crippen molar-refractivity contribution in [2.75, 3.05) is 0 Å². The largest absolute Gasteiger partial charge is 0.329 e. The van der Waals surface area contributed by atoms with E-state index < -0.39 is 0 Å². The Morgan fingerprint density at radius 2 is 2.00 bits per heavy atom. The minimum atomic E-state index is -0.160. The number of nitrogens with one attached hydrogen (secondary N) is 1. The van der Waals surface area contributed by atoms with Gasteiger partial charge in [-0.3, -0.25) is 4.79 Å². The van der Waals surface area contributed by atoms with Crippen LogP contribution in [0.3, 0.4) is 0 Å². The number of aromatic nitrogens is 2. The first-order chi connectivity index (χ1) is 11.2. The van der Waals surface area contributed by atoms with E-state index in [1.807, 2.05) is 25.1 Å². The van der Waals surface area contributed by atoms with Gasteiger partial charge in [-0.05, 0) is 57.7 Å². The Morgan fingerprint density at radius 3 is 2.70 bits per heavy atom. The molecule has 0 bridgehead atoms. The number of amides is 1. The van der Waals surface area contributed by atoms with E-state index in [2.05, 4.69) is 27.0 Å². The molecule has 3 rings (SSSR count). The van der Waals surface area contributed by atoms with Crippen LogP contribution in [0.2, 0.25) is 0 Å². The summed E-state index contributed by atoms with van der Waals surface area (Å²) in [5, 5.41) is 4.33. The van der Waals surface area contributed by atoms with E-state index in [0.717, 1.165) is 42.0 Å². The molecule has 5 nitrogen and oxygen atoms in total. The van der Waals surface area contributed by atoms with Gasteiger partial charge in [0, 0.05) is 17.8 Å². The van der Waals surface area contributed by atoms with E-state index in [1.165, 1.54) is 25.7 Å². The van der Waals surface area contributed by atoms with E-state index in [0.29, 0.717) is 5.56 Å². The van der Waals surface area contributed by atoms with E-state index in [1.54, 1.807) is 0 Å². The molecule has 1 aliphatic rings. The average Bonchev–Trinajstić information content (AvgIpc) is 2.72. The lowest BCUT2D eigenvalue weighted by molar-refractivity contribution is 0.0954. The molecule has 23 heavy (non-hydrogen) atoms. The van der Waals surface area contributed by atoms with Crippen LogP contribution in [0.25, 0.3) is 11.0 Å². The van der Waals surface area contributed by atoms with Crippen molar-refractivity contribution in [3.05, 3.63) is 29.6 Å². The van der Waals surface area contributed by atoms with Gasteiger partial charge in [-0.2, -0.15) is 5.10 Å².